The molecule has 0 saturated heterocycles. The Kier molecular flexibility index (Phi) is 5.22. The van der Waals surface area contributed by atoms with Gasteiger partial charge in [0, 0.05) is 22.8 Å². The molecule has 1 aromatic rings. The third kappa shape index (κ3) is 3.83. The first kappa shape index (κ1) is 15.5. The van der Waals surface area contributed by atoms with Crippen LogP contribution in [0.4, 0.5) is 0 Å². The van der Waals surface area contributed by atoms with E-state index in [-0.39, 0.29) is 0 Å². The van der Waals surface area contributed by atoms with Gasteiger partial charge in [-0.1, -0.05) is 27.2 Å². The van der Waals surface area contributed by atoms with Gasteiger partial charge < -0.3 is 10.4 Å². The fourth-order valence-electron chi connectivity index (χ4n) is 3.25. The van der Waals surface area contributed by atoms with Crippen molar-refractivity contribution in [2.24, 2.45) is 17.8 Å². The third-order valence-electron chi connectivity index (χ3n) is 4.46. The van der Waals surface area contributed by atoms with Gasteiger partial charge >= 0.3 is 5.97 Å². The van der Waals surface area contributed by atoms with Crippen LogP contribution in [0.2, 0.25) is 0 Å². The minimum Gasteiger partial charge on any atom is -0.478 e. The first-order valence-electron chi connectivity index (χ1n) is 7.51. The van der Waals surface area contributed by atoms with E-state index in [0.717, 1.165) is 23.3 Å². The molecule has 2 rings (SSSR count). The lowest BCUT2D eigenvalue weighted by Crippen LogP contribution is -2.42. The summed E-state index contributed by atoms with van der Waals surface area (Å²) in [6.07, 6.45) is 3.88. The summed E-state index contributed by atoms with van der Waals surface area (Å²) in [5.41, 5.74) is 0.407. The molecule has 1 aromatic heterocycles. The zero-order chi connectivity index (χ0) is 14.7. The van der Waals surface area contributed by atoms with Crippen LogP contribution < -0.4 is 5.32 Å². The fraction of sp³-hybridized carbons (Fsp3) is 0.688. The van der Waals surface area contributed by atoms with Gasteiger partial charge in [0.1, 0.15) is 0 Å². The van der Waals surface area contributed by atoms with Crippen molar-refractivity contribution in [3.8, 4) is 0 Å². The van der Waals surface area contributed by atoms with Crippen LogP contribution in [0.15, 0.2) is 11.4 Å². The van der Waals surface area contributed by atoms with Crippen molar-refractivity contribution in [2.45, 2.75) is 52.6 Å². The maximum atomic E-state index is 10.9. The Morgan fingerprint density at radius 2 is 2.25 bits per heavy atom. The number of carboxylic acids is 1. The number of thiophene rings is 1. The second-order valence-corrected chi connectivity index (χ2v) is 7.42. The monoisotopic (exact) mass is 295 g/mol. The van der Waals surface area contributed by atoms with Gasteiger partial charge in [0.25, 0.3) is 0 Å². The van der Waals surface area contributed by atoms with E-state index < -0.39 is 5.97 Å². The molecule has 112 valence electrons. The van der Waals surface area contributed by atoms with Crippen molar-refractivity contribution in [3.05, 3.63) is 21.9 Å². The first-order chi connectivity index (χ1) is 9.47. The van der Waals surface area contributed by atoms with Gasteiger partial charge in [-0.3, -0.25) is 0 Å². The number of rotatable bonds is 5. The molecule has 4 heteroatoms. The van der Waals surface area contributed by atoms with Crippen molar-refractivity contribution < 1.29 is 9.90 Å². The van der Waals surface area contributed by atoms with E-state index in [2.05, 4.69) is 26.1 Å². The van der Waals surface area contributed by atoms with Gasteiger partial charge in [0.15, 0.2) is 0 Å². The highest BCUT2D eigenvalue weighted by Crippen LogP contribution is 2.33. The van der Waals surface area contributed by atoms with E-state index in [1.165, 1.54) is 30.6 Å². The maximum absolute atomic E-state index is 10.9. The lowest BCUT2D eigenvalue weighted by Gasteiger charge is -2.38. The second kappa shape index (κ2) is 6.72. The summed E-state index contributed by atoms with van der Waals surface area (Å²) < 4.78 is 0. The maximum Gasteiger partial charge on any atom is 0.336 e. The zero-order valence-corrected chi connectivity index (χ0v) is 13.4. The highest BCUT2D eigenvalue weighted by molar-refractivity contribution is 7.10. The van der Waals surface area contributed by atoms with Gasteiger partial charge in [0.2, 0.25) is 0 Å². The van der Waals surface area contributed by atoms with Crippen LogP contribution in [-0.2, 0) is 6.54 Å². The molecule has 2 N–H and O–H groups in total. The van der Waals surface area contributed by atoms with Gasteiger partial charge in [-0.2, -0.15) is 0 Å². The molecular weight excluding hydrogens is 270 g/mol. The van der Waals surface area contributed by atoms with Crippen molar-refractivity contribution in [1.82, 2.24) is 5.32 Å². The van der Waals surface area contributed by atoms with Crippen LogP contribution in [-0.4, -0.2) is 17.1 Å². The fourth-order valence-corrected chi connectivity index (χ4v) is 4.06. The summed E-state index contributed by atoms with van der Waals surface area (Å²) in [4.78, 5) is 12.0. The Morgan fingerprint density at radius 3 is 2.85 bits per heavy atom. The summed E-state index contributed by atoms with van der Waals surface area (Å²) >= 11 is 1.53. The van der Waals surface area contributed by atoms with E-state index in [1.54, 1.807) is 11.4 Å². The molecule has 1 heterocycles. The number of hydrogen-bond acceptors (Lipinski definition) is 3. The lowest BCUT2D eigenvalue weighted by molar-refractivity contribution is 0.0697. The standard InChI is InChI=1S/C16H25NO2S/c1-10(2)14-5-4-11(3)6-15(14)17-8-13-7-12(9-20-13)16(18)19/h7,9-11,14-15,17H,4-6,8H2,1-3H3,(H,18,19). The molecule has 1 fully saturated rings. The van der Waals surface area contributed by atoms with Crippen LogP contribution >= 0.6 is 11.3 Å². The van der Waals surface area contributed by atoms with Gasteiger partial charge in [0.05, 0.1) is 5.56 Å². The Morgan fingerprint density at radius 1 is 1.50 bits per heavy atom. The SMILES string of the molecule is CC1CCC(C(C)C)C(NCc2cc(C(=O)O)cs2)C1. The molecule has 3 atom stereocenters. The molecule has 0 amide bonds. The lowest BCUT2D eigenvalue weighted by atomic mass is 9.74. The van der Waals surface area contributed by atoms with E-state index in [4.69, 9.17) is 5.11 Å². The number of aromatic carboxylic acids is 1. The summed E-state index contributed by atoms with van der Waals surface area (Å²) in [5, 5.41) is 14.3. The normalized spacial score (nSPS) is 26.9. The van der Waals surface area contributed by atoms with Crippen molar-refractivity contribution >= 4 is 17.3 Å². The van der Waals surface area contributed by atoms with E-state index in [9.17, 15) is 4.79 Å². The molecule has 1 aliphatic carbocycles. The van der Waals surface area contributed by atoms with E-state index >= 15 is 0 Å². The minimum absolute atomic E-state index is 0.407. The highest BCUT2D eigenvalue weighted by Gasteiger charge is 2.30. The summed E-state index contributed by atoms with van der Waals surface area (Å²) in [6.45, 7) is 7.74. The number of carboxylic acid groups (broad SMARTS) is 1. The summed E-state index contributed by atoms with van der Waals surface area (Å²) in [7, 11) is 0. The minimum atomic E-state index is -0.834. The third-order valence-corrected chi connectivity index (χ3v) is 5.40. The molecule has 0 aliphatic heterocycles. The van der Waals surface area contributed by atoms with Crippen molar-refractivity contribution in [2.75, 3.05) is 0 Å². The van der Waals surface area contributed by atoms with Crippen molar-refractivity contribution in [3.63, 3.8) is 0 Å². The van der Waals surface area contributed by atoms with E-state index in [1.807, 2.05) is 0 Å². The number of carbonyl (C=O) groups is 1. The molecule has 20 heavy (non-hydrogen) atoms. The van der Waals surface area contributed by atoms with E-state index in [0.29, 0.717) is 17.5 Å². The van der Waals surface area contributed by atoms with Gasteiger partial charge in [-0.25, -0.2) is 4.79 Å². The highest BCUT2D eigenvalue weighted by atomic mass is 32.1. The van der Waals surface area contributed by atoms with Crippen LogP contribution in [0, 0.1) is 17.8 Å². The summed E-state index contributed by atoms with van der Waals surface area (Å²) in [6, 6.07) is 2.35. The van der Waals surface area contributed by atoms with Crippen LogP contribution in [0.1, 0.15) is 55.3 Å². The molecule has 3 unspecified atom stereocenters. The molecule has 3 nitrogen and oxygen atoms in total. The molecule has 1 saturated carbocycles. The van der Waals surface area contributed by atoms with Crippen LogP contribution in [0.25, 0.3) is 0 Å². The Balaban J connectivity index is 1.94. The Labute approximate surface area is 125 Å². The Bertz CT molecular complexity index is 455. The quantitative estimate of drug-likeness (QED) is 0.863. The molecule has 0 radical (unpaired) electrons. The molecular formula is C16H25NO2S. The number of hydrogen-bond donors (Lipinski definition) is 2. The van der Waals surface area contributed by atoms with Crippen LogP contribution in [0.5, 0.6) is 0 Å². The molecule has 0 aromatic carbocycles. The van der Waals surface area contributed by atoms with Gasteiger partial charge in [-0.05, 0) is 36.7 Å². The zero-order valence-electron chi connectivity index (χ0n) is 12.6. The number of nitrogens with one attached hydrogen (secondary N) is 1. The van der Waals surface area contributed by atoms with Crippen molar-refractivity contribution in [1.29, 1.82) is 0 Å². The Hall–Kier alpha value is -0.870. The predicted molar refractivity (Wildman–Crippen MR) is 83.2 cm³/mol. The topological polar surface area (TPSA) is 49.3 Å². The largest absolute Gasteiger partial charge is 0.478 e. The summed E-state index contributed by atoms with van der Waals surface area (Å²) in [5.74, 6) is 1.40. The van der Waals surface area contributed by atoms with Gasteiger partial charge in [-0.15, -0.1) is 11.3 Å². The molecule has 0 bridgehead atoms. The smallest absolute Gasteiger partial charge is 0.336 e. The average Bonchev–Trinajstić information content (AvgIpc) is 2.85. The second-order valence-electron chi connectivity index (χ2n) is 6.42. The molecule has 0 spiro atoms. The predicted octanol–water partition coefficient (Wildman–Crippen LogP) is 4.00. The van der Waals surface area contributed by atoms with Crippen LogP contribution in [0.3, 0.4) is 0 Å². The molecule has 1 aliphatic rings. The first-order valence-corrected chi connectivity index (χ1v) is 8.39. The average molecular weight is 295 g/mol.